The monoisotopic (exact) mass is 370 g/mol. The van der Waals surface area contributed by atoms with Crippen molar-refractivity contribution >= 4 is 28.2 Å². The standard InChI is InChI=1S/C20H23ClN4O/c1-14-22-16-9-7-11-18(24(4)13-12-23(2)3)19(16)20(26)25(14)17-10-6-5-8-15(17)21/h5-11H,12-13H2,1-4H3. The zero-order chi connectivity index (χ0) is 18.8. The minimum atomic E-state index is -0.104. The molecule has 0 saturated heterocycles. The van der Waals surface area contributed by atoms with Crippen LogP contribution in [0.5, 0.6) is 0 Å². The largest absolute Gasteiger partial charge is 0.373 e. The quantitative estimate of drug-likeness (QED) is 0.690. The van der Waals surface area contributed by atoms with Crippen LogP contribution in [-0.2, 0) is 0 Å². The van der Waals surface area contributed by atoms with Crippen molar-refractivity contribution in [3.63, 3.8) is 0 Å². The van der Waals surface area contributed by atoms with Crippen LogP contribution in [0.25, 0.3) is 16.6 Å². The molecule has 5 nitrogen and oxygen atoms in total. The molecule has 0 radical (unpaired) electrons. The Bertz CT molecular complexity index is 997. The molecule has 0 N–H and O–H groups in total. The molecule has 0 unspecified atom stereocenters. The van der Waals surface area contributed by atoms with Gasteiger partial charge in [0.2, 0.25) is 0 Å². The molecule has 6 heteroatoms. The molecule has 0 atom stereocenters. The molecular formula is C20H23ClN4O. The minimum Gasteiger partial charge on any atom is -0.373 e. The first-order valence-corrected chi connectivity index (χ1v) is 8.91. The fourth-order valence-electron chi connectivity index (χ4n) is 3.03. The summed E-state index contributed by atoms with van der Waals surface area (Å²) in [6, 6.07) is 13.1. The van der Waals surface area contributed by atoms with Gasteiger partial charge in [-0.25, -0.2) is 4.98 Å². The van der Waals surface area contributed by atoms with E-state index in [1.807, 2.05) is 64.5 Å². The van der Waals surface area contributed by atoms with Gasteiger partial charge in [-0.2, -0.15) is 0 Å². The number of likely N-dealkylation sites (N-methyl/N-ethyl adjacent to an activating group) is 2. The van der Waals surface area contributed by atoms with E-state index in [2.05, 4.69) is 14.8 Å². The molecule has 1 heterocycles. The van der Waals surface area contributed by atoms with Gasteiger partial charge in [0, 0.05) is 20.1 Å². The van der Waals surface area contributed by atoms with Crippen molar-refractivity contribution < 1.29 is 0 Å². The Kier molecular flexibility index (Phi) is 5.30. The summed E-state index contributed by atoms with van der Waals surface area (Å²) >= 11 is 6.34. The number of aromatic nitrogens is 2. The van der Waals surface area contributed by atoms with Gasteiger partial charge >= 0.3 is 0 Å². The molecule has 3 aromatic rings. The molecule has 26 heavy (non-hydrogen) atoms. The van der Waals surface area contributed by atoms with E-state index in [9.17, 15) is 4.79 Å². The van der Waals surface area contributed by atoms with E-state index in [-0.39, 0.29) is 5.56 Å². The van der Waals surface area contributed by atoms with Crippen LogP contribution in [0, 0.1) is 6.92 Å². The van der Waals surface area contributed by atoms with Crippen molar-refractivity contribution in [1.82, 2.24) is 14.5 Å². The Morgan fingerprint density at radius 2 is 1.77 bits per heavy atom. The molecule has 136 valence electrons. The van der Waals surface area contributed by atoms with Crippen molar-refractivity contribution in [3.05, 3.63) is 63.7 Å². The molecule has 2 aromatic carbocycles. The summed E-state index contributed by atoms with van der Waals surface area (Å²) in [5.41, 5.74) is 2.12. The third kappa shape index (κ3) is 3.45. The van der Waals surface area contributed by atoms with Crippen molar-refractivity contribution in [2.45, 2.75) is 6.92 Å². The zero-order valence-electron chi connectivity index (χ0n) is 15.5. The van der Waals surface area contributed by atoms with Gasteiger partial charge in [-0.3, -0.25) is 9.36 Å². The third-order valence-corrected chi connectivity index (χ3v) is 4.75. The lowest BCUT2D eigenvalue weighted by Crippen LogP contribution is -2.30. The van der Waals surface area contributed by atoms with Crippen LogP contribution in [0.1, 0.15) is 5.82 Å². The maximum Gasteiger partial charge on any atom is 0.268 e. The van der Waals surface area contributed by atoms with Crippen molar-refractivity contribution in [2.75, 3.05) is 39.1 Å². The second-order valence-electron chi connectivity index (χ2n) is 6.65. The third-order valence-electron chi connectivity index (χ3n) is 4.43. The minimum absolute atomic E-state index is 0.104. The summed E-state index contributed by atoms with van der Waals surface area (Å²) in [7, 11) is 6.07. The lowest BCUT2D eigenvalue weighted by Gasteiger charge is -2.23. The second kappa shape index (κ2) is 7.48. The molecule has 0 aliphatic rings. The van der Waals surface area contributed by atoms with E-state index >= 15 is 0 Å². The fraction of sp³-hybridized carbons (Fsp3) is 0.300. The molecule has 0 fully saturated rings. The molecule has 0 bridgehead atoms. The predicted octanol–water partition coefficient (Wildman–Crippen LogP) is 3.35. The van der Waals surface area contributed by atoms with E-state index in [4.69, 9.17) is 11.6 Å². The Hall–Kier alpha value is -2.37. The molecule has 1 aromatic heterocycles. The Morgan fingerprint density at radius 3 is 2.46 bits per heavy atom. The van der Waals surface area contributed by atoms with E-state index in [0.717, 1.165) is 18.8 Å². The number of benzene rings is 2. The molecular weight excluding hydrogens is 348 g/mol. The maximum absolute atomic E-state index is 13.4. The summed E-state index contributed by atoms with van der Waals surface area (Å²) in [5.74, 6) is 0.615. The van der Waals surface area contributed by atoms with Crippen LogP contribution in [-0.4, -0.2) is 48.7 Å². The number of para-hydroxylation sites is 1. The fourth-order valence-corrected chi connectivity index (χ4v) is 3.25. The summed E-state index contributed by atoms with van der Waals surface area (Å²) in [6.45, 7) is 3.53. The number of halogens is 1. The van der Waals surface area contributed by atoms with E-state index in [0.29, 0.717) is 27.4 Å². The molecule has 0 saturated carbocycles. The van der Waals surface area contributed by atoms with E-state index in [1.54, 1.807) is 10.6 Å². The van der Waals surface area contributed by atoms with Crippen LogP contribution in [0.2, 0.25) is 5.02 Å². The highest BCUT2D eigenvalue weighted by molar-refractivity contribution is 6.32. The Morgan fingerprint density at radius 1 is 1.04 bits per heavy atom. The van der Waals surface area contributed by atoms with Crippen molar-refractivity contribution in [2.24, 2.45) is 0 Å². The van der Waals surface area contributed by atoms with Gasteiger partial charge in [0.1, 0.15) is 5.82 Å². The summed E-state index contributed by atoms with van der Waals surface area (Å²) in [6.07, 6.45) is 0. The Labute approximate surface area is 158 Å². The van der Waals surface area contributed by atoms with Crippen LogP contribution in [0.3, 0.4) is 0 Å². The summed E-state index contributed by atoms with van der Waals surface area (Å²) < 4.78 is 1.59. The molecule has 0 spiro atoms. The number of rotatable bonds is 5. The highest BCUT2D eigenvalue weighted by atomic mass is 35.5. The van der Waals surface area contributed by atoms with Gasteiger partial charge in [-0.15, -0.1) is 0 Å². The topological polar surface area (TPSA) is 41.4 Å². The van der Waals surface area contributed by atoms with Gasteiger partial charge in [0.25, 0.3) is 5.56 Å². The van der Waals surface area contributed by atoms with Crippen LogP contribution in [0.15, 0.2) is 47.3 Å². The van der Waals surface area contributed by atoms with Gasteiger partial charge in [-0.1, -0.05) is 29.8 Å². The van der Waals surface area contributed by atoms with Gasteiger partial charge in [0.05, 0.1) is 27.3 Å². The van der Waals surface area contributed by atoms with E-state index < -0.39 is 0 Å². The van der Waals surface area contributed by atoms with Crippen LogP contribution < -0.4 is 10.5 Å². The molecule has 0 amide bonds. The highest BCUT2D eigenvalue weighted by Gasteiger charge is 2.16. The number of nitrogens with zero attached hydrogens (tertiary/aromatic N) is 4. The highest BCUT2D eigenvalue weighted by Crippen LogP contribution is 2.25. The lowest BCUT2D eigenvalue weighted by molar-refractivity contribution is 0.416. The smallest absolute Gasteiger partial charge is 0.268 e. The van der Waals surface area contributed by atoms with Crippen molar-refractivity contribution in [1.29, 1.82) is 0 Å². The average Bonchev–Trinajstić information content (AvgIpc) is 2.60. The first kappa shape index (κ1) is 18.4. The summed E-state index contributed by atoms with van der Waals surface area (Å²) in [4.78, 5) is 22.3. The normalized spacial score (nSPS) is 11.3. The first-order valence-electron chi connectivity index (χ1n) is 8.53. The Balaban J connectivity index is 2.23. The van der Waals surface area contributed by atoms with E-state index in [1.165, 1.54) is 0 Å². The van der Waals surface area contributed by atoms with Crippen LogP contribution >= 0.6 is 11.6 Å². The number of anilines is 1. The summed E-state index contributed by atoms with van der Waals surface area (Å²) in [5, 5.41) is 1.14. The zero-order valence-corrected chi connectivity index (χ0v) is 16.3. The second-order valence-corrected chi connectivity index (χ2v) is 7.05. The van der Waals surface area contributed by atoms with Crippen molar-refractivity contribution in [3.8, 4) is 5.69 Å². The van der Waals surface area contributed by atoms with Gasteiger partial charge in [0.15, 0.2) is 0 Å². The number of fused-ring (bicyclic) bond motifs is 1. The lowest BCUT2D eigenvalue weighted by atomic mass is 10.1. The first-order chi connectivity index (χ1) is 12.4. The van der Waals surface area contributed by atoms with Gasteiger partial charge in [-0.05, 0) is 45.3 Å². The number of aryl methyl sites for hydroxylation is 1. The maximum atomic E-state index is 13.4. The average molecular weight is 371 g/mol. The number of hydrogen-bond acceptors (Lipinski definition) is 4. The number of hydrogen-bond donors (Lipinski definition) is 0. The predicted molar refractivity (Wildman–Crippen MR) is 109 cm³/mol. The van der Waals surface area contributed by atoms with Crippen LogP contribution in [0.4, 0.5) is 5.69 Å². The molecule has 0 aliphatic heterocycles. The molecule has 3 rings (SSSR count). The SMILES string of the molecule is Cc1nc2cccc(N(C)CCN(C)C)c2c(=O)n1-c1ccccc1Cl. The van der Waals surface area contributed by atoms with Gasteiger partial charge < -0.3 is 9.80 Å². The molecule has 0 aliphatic carbocycles.